The Labute approximate surface area is 120 Å². The number of aliphatic hydroxyl groups excluding tert-OH is 1. The average Bonchev–Trinajstić information content (AvgIpc) is 2.37. The third-order valence-electron chi connectivity index (χ3n) is 3.04. The number of aliphatic hydroxyl groups is 1. The molecule has 1 aromatic rings. The zero-order valence-electron chi connectivity index (χ0n) is 12.9. The number of hydrogen-bond acceptors (Lipinski definition) is 7. The third-order valence-corrected chi connectivity index (χ3v) is 3.04. The summed E-state index contributed by atoms with van der Waals surface area (Å²) in [5.74, 6) is 0.887. The molecule has 0 aliphatic heterocycles. The van der Waals surface area contributed by atoms with E-state index in [4.69, 9.17) is 9.84 Å². The minimum atomic E-state index is -0.268. The lowest BCUT2D eigenvalue weighted by atomic mass is 9.95. The number of nitrogens with one attached hydrogen (secondary N) is 2. The van der Waals surface area contributed by atoms with Crippen molar-refractivity contribution in [3.8, 4) is 6.01 Å². The van der Waals surface area contributed by atoms with Gasteiger partial charge < -0.3 is 20.5 Å². The van der Waals surface area contributed by atoms with Crippen LogP contribution in [0, 0.1) is 0 Å². The van der Waals surface area contributed by atoms with Crippen molar-refractivity contribution in [3.63, 3.8) is 0 Å². The van der Waals surface area contributed by atoms with Crippen molar-refractivity contribution < 1.29 is 9.84 Å². The zero-order chi connectivity index (χ0) is 15.2. The van der Waals surface area contributed by atoms with Gasteiger partial charge in [-0.3, -0.25) is 0 Å². The highest BCUT2D eigenvalue weighted by atomic mass is 16.5. The van der Waals surface area contributed by atoms with Crippen molar-refractivity contribution in [2.75, 3.05) is 24.3 Å². The first-order chi connectivity index (χ1) is 9.42. The molecule has 0 radical (unpaired) electrons. The molecule has 3 N–H and O–H groups in total. The van der Waals surface area contributed by atoms with E-state index in [1.165, 1.54) is 0 Å². The van der Waals surface area contributed by atoms with Gasteiger partial charge in [0.2, 0.25) is 11.9 Å². The van der Waals surface area contributed by atoms with Crippen molar-refractivity contribution in [3.05, 3.63) is 0 Å². The van der Waals surface area contributed by atoms with Crippen molar-refractivity contribution in [1.29, 1.82) is 0 Å². The van der Waals surface area contributed by atoms with Gasteiger partial charge in [0.1, 0.15) is 0 Å². The summed E-state index contributed by atoms with van der Waals surface area (Å²) in [6, 6.07) is 0.282. The standard InChI is InChI=1S/C13H25N5O2/c1-6-13(4,7-8-19)18-11-15-10(14-5)16-12(17-11)20-9(2)3/h9,19H,6-8H2,1-5H3,(H2,14,15,16,17,18). The van der Waals surface area contributed by atoms with Gasteiger partial charge in [0.15, 0.2) is 0 Å². The van der Waals surface area contributed by atoms with E-state index in [1.54, 1.807) is 7.05 Å². The molecule has 0 saturated heterocycles. The summed E-state index contributed by atoms with van der Waals surface area (Å²) in [6.07, 6.45) is 1.45. The lowest BCUT2D eigenvalue weighted by Gasteiger charge is -2.29. The molecule has 1 aromatic heterocycles. The third kappa shape index (κ3) is 4.80. The van der Waals surface area contributed by atoms with Crippen LogP contribution in [0.1, 0.15) is 40.5 Å². The van der Waals surface area contributed by atoms with Gasteiger partial charge in [0.25, 0.3) is 0 Å². The van der Waals surface area contributed by atoms with E-state index < -0.39 is 0 Å². The van der Waals surface area contributed by atoms with Crippen molar-refractivity contribution >= 4 is 11.9 Å². The largest absolute Gasteiger partial charge is 0.461 e. The van der Waals surface area contributed by atoms with E-state index in [2.05, 4.69) is 25.6 Å². The molecule has 1 heterocycles. The molecule has 0 aliphatic carbocycles. The first kappa shape index (κ1) is 16.4. The summed E-state index contributed by atoms with van der Waals surface area (Å²) in [7, 11) is 1.74. The van der Waals surface area contributed by atoms with Crippen LogP contribution in [0.15, 0.2) is 0 Å². The molecule has 0 saturated carbocycles. The predicted molar refractivity (Wildman–Crippen MR) is 79.2 cm³/mol. The van der Waals surface area contributed by atoms with Gasteiger partial charge in [0.05, 0.1) is 6.10 Å². The SMILES string of the molecule is CCC(C)(CCO)Nc1nc(NC)nc(OC(C)C)n1. The molecule has 1 unspecified atom stereocenters. The summed E-state index contributed by atoms with van der Waals surface area (Å²) in [6.45, 7) is 8.01. The molecular formula is C13H25N5O2. The molecule has 7 nitrogen and oxygen atoms in total. The van der Waals surface area contributed by atoms with E-state index >= 15 is 0 Å². The van der Waals surface area contributed by atoms with Crippen LogP contribution in [0.25, 0.3) is 0 Å². The molecule has 0 aliphatic rings. The summed E-state index contributed by atoms with van der Waals surface area (Å²) < 4.78 is 5.51. The molecule has 20 heavy (non-hydrogen) atoms. The van der Waals surface area contributed by atoms with E-state index in [0.29, 0.717) is 18.3 Å². The van der Waals surface area contributed by atoms with Crippen molar-refractivity contribution in [2.45, 2.75) is 52.2 Å². The Bertz CT molecular complexity index is 427. The van der Waals surface area contributed by atoms with Gasteiger partial charge in [-0.1, -0.05) is 6.92 Å². The summed E-state index contributed by atoms with van der Waals surface area (Å²) in [5.41, 5.74) is -0.268. The van der Waals surface area contributed by atoms with E-state index in [0.717, 1.165) is 6.42 Å². The van der Waals surface area contributed by atoms with Crippen LogP contribution < -0.4 is 15.4 Å². The maximum Gasteiger partial charge on any atom is 0.323 e. The molecule has 1 rings (SSSR count). The van der Waals surface area contributed by atoms with E-state index in [1.807, 2.05) is 27.7 Å². The first-order valence-electron chi connectivity index (χ1n) is 6.92. The molecule has 0 spiro atoms. The van der Waals surface area contributed by atoms with Gasteiger partial charge >= 0.3 is 6.01 Å². The normalized spacial score (nSPS) is 13.9. The Hall–Kier alpha value is -1.63. The Morgan fingerprint density at radius 2 is 1.90 bits per heavy atom. The van der Waals surface area contributed by atoms with Gasteiger partial charge in [-0.25, -0.2) is 0 Å². The number of nitrogens with zero attached hydrogens (tertiary/aromatic N) is 3. The van der Waals surface area contributed by atoms with Gasteiger partial charge in [0, 0.05) is 19.2 Å². The highest BCUT2D eigenvalue weighted by Gasteiger charge is 2.23. The molecule has 0 bridgehead atoms. The minimum Gasteiger partial charge on any atom is -0.461 e. The second-order valence-electron chi connectivity index (χ2n) is 5.19. The van der Waals surface area contributed by atoms with Gasteiger partial charge in [-0.15, -0.1) is 0 Å². The predicted octanol–water partition coefficient (Wildman–Crippen LogP) is 1.66. The second kappa shape index (κ2) is 7.23. The Kier molecular flexibility index (Phi) is 5.94. The molecule has 1 atom stereocenters. The monoisotopic (exact) mass is 283 g/mol. The number of anilines is 2. The molecule has 0 fully saturated rings. The summed E-state index contributed by atoms with van der Waals surface area (Å²) in [5, 5.41) is 15.3. The van der Waals surface area contributed by atoms with Gasteiger partial charge in [-0.2, -0.15) is 15.0 Å². The number of hydrogen-bond donors (Lipinski definition) is 3. The smallest absolute Gasteiger partial charge is 0.323 e. The quantitative estimate of drug-likeness (QED) is 0.668. The van der Waals surface area contributed by atoms with Crippen molar-refractivity contribution in [1.82, 2.24) is 15.0 Å². The van der Waals surface area contributed by atoms with Crippen LogP contribution in [-0.4, -0.2) is 45.4 Å². The Balaban J connectivity index is 2.98. The maximum absolute atomic E-state index is 9.16. The molecule has 0 amide bonds. The fourth-order valence-electron chi connectivity index (χ4n) is 1.63. The number of ether oxygens (including phenoxy) is 1. The van der Waals surface area contributed by atoms with Gasteiger partial charge in [-0.05, 0) is 33.6 Å². The summed E-state index contributed by atoms with van der Waals surface area (Å²) in [4.78, 5) is 12.7. The minimum absolute atomic E-state index is 0.00930. The average molecular weight is 283 g/mol. The number of aromatic nitrogens is 3. The molecule has 0 aromatic carbocycles. The fraction of sp³-hybridized carbons (Fsp3) is 0.769. The van der Waals surface area contributed by atoms with Crippen LogP contribution in [-0.2, 0) is 0 Å². The van der Waals surface area contributed by atoms with Crippen LogP contribution in [0.3, 0.4) is 0 Å². The maximum atomic E-state index is 9.16. The highest BCUT2D eigenvalue weighted by molar-refractivity contribution is 5.37. The topological polar surface area (TPSA) is 92.2 Å². The first-order valence-corrected chi connectivity index (χ1v) is 6.92. The molecule has 114 valence electrons. The van der Waals surface area contributed by atoms with Crippen LogP contribution in [0.4, 0.5) is 11.9 Å². The molecular weight excluding hydrogens is 258 g/mol. The van der Waals surface area contributed by atoms with Crippen molar-refractivity contribution in [2.24, 2.45) is 0 Å². The fourth-order valence-corrected chi connectivity index (χ4v) is 1.63. The number of rotatable bonds is 8. The lowest BCUT2D eigenvalue weighted by Crippen LogP contribution is -2.36. The van der Waals surface area contributed by atoms with Crippen LogP contribution >= 0.6 is 0 Å². The highest BCUT2D eigenvalue weighted by Crippen LogP contribution is 2.21. The Morgan fingerprint density at radius 1 is 1.25 bits per heavy atom. The lowest BCUT2D eigenvalue weighted by molar-refractivity contribution is 0.222. The Morgan fingerprint density at radius 3 is 2.40 bits per heavy atom. The van der Waals surface area contributed by atoms with Crippen LogP contribution in [0.2, 0.25) is 0 Å². The summed E-state index contributed by atoms with van der Waals surface area (Å²) >= 11 is 0. The van der Waals surface area contributed by atoms with E-state index in [9.17, 15) is 0 Å². The second-order valence-corrected chi connectivity index (χ2v) is 5.19. The van der Waals surface area contributed by atoms with Crippen LogP contribution in [0.5, 0.6) is 6.01 Å². The molecule has 7 heteroatoms. The van der Waals surface area contributed by atoms with E-state index in [-0.39, 0.29) is 24.3 Å². The zero-order valence-corrected chi connectivity index (χ0v) is 12.9.